The number of amides is 1. The number of likely N-dealkylation sites (tertiary alicyclic amines) is 1. The van der Waals surface area contributed by atoms with Gasteiger partial charge in [-0.15, -0.1) is 0 Å². The molecule has 1 saturated heterocycles. The zero-order chi connectivity index (χ0) is 13.2. The average Bonchev–Trinajstić information content (AvgIpc) is 2.57. The van der Waals surface area contributed by atoms with Gasteiger partial charge in [-0.2, -0.15) is 0 Å². The molecule has 0 spiro atoms. The minimum atomic E-state index is -0.793. The molecule has 1 heterocycles. The van der Waals surface area contributed by atoms with Gasteiger partial charge in [-0.25, -0.2) is 4.79 Å². The maximum Gasteiger partial charge on any atom is 0.407 e. The van der Waals surface area contributed by atoms with Crippen LogP contribution in [0.4, 0.5) is 4.79 Å². The van der Waals surface area contributed by atoms with Crippen LogP contribution in [0.15, 0.2) is 0 Å². The van der Waals surface area contributed by atoms with Crippen molar-refractivity contribution in [2.24, 2.45) is 11.3 Å². The summed E-state index contributed by atoms with van der Waals surface area (Å²) in [5.41, 5.74) is -0.0243. The van der Waals surface area contributed by atoms with Crippen LogP contribution in [0.1, 0.15) is 41.0 Å². The minimum Gasteiger partial charge on any atom is -0.465 e. The van der Waals surface area contributed by atoms with Gasteiger partial charge in [0.1, 0.15) is 0 Å². The van der Waals surface area contributed by atoms with Crippen molar-refractivity contribution in [3.05, 3.63) is 0 Å². The number of hydrogen-bond donors (Lipinski definition) is 2. The molecule has 4 heteroatoms. The molecule has 1 unspecified atom stereocenters. The lowest BCUT2D eigenvalue weighted by atomic mass is 9.82. The van der Waals surface area contributed by atoms with Crippen LogP contribution in [-0.4, -0.2) is 41.3 Å². The number of carbonyl (C=O) groups is 1. The zero-order valence-electron chi connectivity index (χ0n) is 11.7. The van der Waals surface area contributed by atoms with Crippen LogP contribution in [0.5, 0.6) is 0 Å². The molecule has 2 atom stereocenters. The van der Waals surface area contributed by atoms with Gasteiger partial charge in [0.05, 0.1) is 6.04 Å². The summed E-state index contributed by atoms with van der Waals surface area (Å²) in [7, 11) is 0. The van der Waals surface area contributed by atoms with Gasteiger partial charge in [0.25, 0.3) is 0 Å². The Labute approximate surface area is 104 Å². The second kappa shape index (κ2) is 5.25. The molecular formula is C13H26N2O2. The Kier molecular flexibility index (Phi) is 4.42. The average molecular weight is 242 g/mol. The SMILES string of the molecule is CC(C)CN[C@H]1CCN(C(=O)O)C1C(C)(C)C. The Hall–Kier alpha value is -0.770. The molecular weight excluding hydrogens is 216 g/mol. The van der Waals surface area contributed by atoms with Gasteiger partial charge in [-0.1, -0.05) is 34.6 Å². The third-order valence-corrected chi connectivity index (χ3v) is 3.32. The first-order valence-electron chi connectivity index (χ1n) is 6.46. The lowest BCUT2D eigenvalue weighted by molar-refractivity contribution is 0.0968. The van der Waals surface area contributed by atoms with Crippen LogP contribution in [0, 0.1) is 11.3 Å². The van der Waals surface area contributed by atoms with Crippen LogP contribution < -0.4 is 5.32 Å². The second-order valence-electron chi connectivity index (χ2n) is 6.48. The molecule has 100 valence electrons. The highest BCUT2D eigenvalue weighted by Crippen LogP contribution is 2.33. The second-order valence-corrected chi connectivity index (χ2v) is 6.48. The van der Waals surface area contributed by atoms with Gasteiger partial charge in [0.15, 0.2) is 0 Å². The van der Waals surface area contributed by atoms with Gasteiger partial charge in [-0.3, -0.25) is 0 Å². The Balaban J connectivity index is 2.74. The standard InChI is InChI=1S/C13H26N2O2/c1-9(2)8-14-10-6-7-15(12(16)17)11(10)13(3,4)5/h9-11,14H,6-8H2,1-5H3,(H,16,17)/t10-,11?/m0/s1. The van der Waals surface area contributed by atoms with E-state index in [-0.39, 0.29) is 17.5 Å². The lowest BCUT2D eigenvalue weighted by Crippen LogP contribution is -2.52. The molecule has 4 nitrogen and oxygen atoms in total. The van der Waals surface area contributed by atoms with Crippen molar-refractivity contribution < 1.29 is 9.90 Å². The molecule has 17 heavy (non-hydrogen) atoms. The summed E-state index contributed by atoms with van der Waals surface area (Å²) in [4.78, 5) is 12.8. The van der Waals surface area contributed by atoms with Crippen LogP contribution in [0.2, 0.25) is 0 Å². The number of carboxylic acid groups (broad SMARTS) is 1. The fraction of sp³-hybridized carbons (Fsp3) is 0.923. The van der Waals surface area contributed by atoms with Gasteiger partial charge in [0.2, 0.25) is 0 Å². The minimum absolute atomic E-state index is 0.0243. The molecule has 1 aliphatic heterocycles. The van der Waals surface area contributed by atoms with Crippen molar-refractivity contribution >= 4 is 6.09 Å². The fourth-order valence-corrected chi connectivity index (χ4v) is 2.68. The summed E-state index contributed by atoms with van der Waals surface area (Å²) in [6, 6.07) is 0.354. The molecule has 0 aliphatic carbocycles. The number of nitrogens with one attached hydrogen (secondary N) is 1. The Morgan fingerprint density at radius 2 is 2.06 bits per heavy atom. The van der Waals surface area contributed by atoms with Crippen molar-refractivity contribution in [1.82, 2.24) is 10.2 Å². The van der Waals surface area contributed by atoms with Crippen molar-refractivity contribution in [2.45, 2.75) is 53.1 Å². The van der Waals surface area contributed by atoms with Crippen LogP contribution >= 0.6 is 0 Å². The van der Waals surface area contributed by atoms with Gasteiger partial charge >= 0.3 is 6.09 Å². The lowest BCUT2D eigenvalue weighted by Gasteiger charge is -2.37. The van der Waals surface area contributed by atoms with Crippen molar-refractivity contribution in [1.29, 1.82) is 0 Å². The summed E-state index contributed by atoms with van der Waals surface area (Å²) in [5, 5.41) is 12.8. The highest BCUT2D eigenvalue weighted by Gasteiger charge is 2.43. The molecule has 0 saturated carbocycles. The van der Waals surface area contributed by atoms with Gasteiger partial charge < -0.3 is 15.3 Å². The predicted octanol–water partition coefficient (Wildman–Crippen LogP) is 2.40. The maximum absolute atomic E-state index is 11.2. The first kappa shape index (κ1) is 14.3. The Morgan fingerprint density at radius 3 is 2.47 bits per heavy atom. The highest BCUT2D eigenvalue weighted by atomic mass is 16.4. The van der Waals surface area contributed by atoms with Gasteiger partial charge in [0, 0.05) is 12.6 Å². The quantitative estimate of drug-likeness (QED) is 0.799. The van der Waals surface area contributed by atoms with E-state index in [4.69, 9.17) is 0 Å². The van der Waals surface area contributed by atoms with E-state index in [0.717, 1.165) is 13.0 Å². The van der Waals surface area contributed by atoms with E-state index in [2.05, 4.69) is 39.9 Å². The monoisotopic (exact) mass is 242 g/mol. The van der Waals surface area contributed by atoms with Crippen molar-refractivity contribution in [3.63, 3.8) is 0 Å². The smallest absolute Gasteiger partial charge is 0.407 e. The molecule has 0 bridgehead atoms. The van der Waals surface area contributed by atoms with Crippen molar-refractivity contribution in [2.75, 3.05) is 13.1 Å². The predicted molar refractivity (Wildman–Crippen MR) is 69.2 cm³/mol. The number of nitrogens with zero attached hydrogens (tertiary/aromatic N) is 1. The van der Waals surface area contributed by atoms with Gasteiger partial charge in [-0.05, 0) is 24.3 Å². The molecule has 1 rings (SSSR count). The molecule has 1 amide bonds. The first-order valence-corrected chi connectivity index (χ1v) is 6.46. The van der Waals surface area contributed by atoms with E-state index >= 15 is 0 Å². The van der Waals surface area contributed by atoms with E-state index in [9.17, 15) is 9.90 Å². The van der Waals surface area contributed by atoms with E-state index in [0.29, 0.717) is 12.5 Å². The zero-order valence-corrected chi connectivity index (χ0v) is 11.7. The maximum atomic E-state index is 11.2. The number of hydrogen-bond acceptors (Lipinski definition) is 2. The normalized spacial score (nSPS) is 25.6. The van der Waals surface area contributed by atoms with Crippen LogP contribution in [-0.2, 0) is 0 Å². The molecule has 0 aromatic heterocycles. The number of rotatable bonds is 3. The van der Waals surface area contributed by atoms with E-state index in [1.165, 1.54) is 0 Å². The third kappa shape index (κ3) is 3.60. The molecule has 0 radical (unpaired) electrons. The van der Waals surface area contributed by atoms with E-state index in [1.807, 2.05) is 0 Å². The molecule has 1 fully saturated rings. The van der Waals surface area contributed by atoms with Crippen LogP contribution in [0.3, 0.4) is 0 Å². The van der Waals surface area contributed by atoms with E-state index in [1.54, 1.807) is 4.90 Å². The molecule has 0 aromatic carbocycles. The van der Waals surface area contributed by atoms with Crippen molar-refractivity contribution in [3.8, 4) is 0 Å². The summed E-state index contributed by atoms with van der Waals surface area (Å²) < 4.78 is 0. The summed E-state index contributed by atoms with van der Waals surface area (Å²) in [6.07, 6.45) is 0.125. The fourth-order valence-electron chi connectivity index (χ4n) is 2.68. The van der Waals surface area contributed by atoms with E-state index < -0.39 is 6.09 Å². The summed E-state index contributed by atoms with van der Waals surface area (Å²) in [6.45, 7) is 12.3. The Morgan fingerprint density at radius 1 is 1.47 bits per heavy atom. The summed E-state index contributed by atoms with van der Waals surface area (Å²) in [5.74, 6) is 0.592. The molecule has 0 aromatic rings. The molecule has 1 aliphatic rings. The molecule has 2 N–H and O–H groups in total. The first-order chi connectivity index (χ1) is 7.73. The largest absolute Gasteiger partial charge is 0.465 e. The van der Waals surface area contributed by atoms with Crippen LogP contribution in [0.25, 0.3) is 0 Å². The third-order valence-electron chi connectivity index (χ3n) is 3.32. The Bertz CT molecular complexity index is 271. The highest BCUT2D eigenvalue weighted by molar-refractivity contribution is 5.66. The summed E-state index contributed by atoms with van der Waals surface area (Å²) >= 11 is 0. The topological polar surface area (TPSA) is 52.6 Å².